The number of ether oxygens (including phenoxy) is 2. The fourth-order valence-electron chi connectivity index (χ4n) is 3.16. The van der Waals surface area contributed by atoms with Gasteiger partial charge >= 0.3 is 0 Å². The van der Waals surface area contributed by atoms with E-state index >= 15 is 0 Å². The van der Waals surface area contributed by atoms with Crippen LogP contribution in [0.5, 0.6) is 5.75 Å². The number of non-ortho nitro benzene ring substituents is 1. The Labute approximate surface area is 176 Å². The molecular weight excluding hydrogens is 406 g/mol. The van der Waals surface area contributed by atoms with Crippen LogP contribution in [0.3, 0.4) is 0 Å². The Balaban J connectivity index is 1.57. The number of nitro groups is 1. The molecule has 3 aromatic rings. The SMILES string of the molecule is C[C@@H](c1nc2ccccc2s1)N(C)C(=O)/C=C\c1cc([N+](=O)[O-])cc2c1OCOC2. The van der Waals surface area contributed by atoms with Gasteiger partial charge in [0.15, 0.2) is 6.79 Å². The third-order valence-corrected chi connectivity index (χ3v) is 6.14. The number of likely N-dealkylation sites (N-methyl/N-ethyl adjacent to an activating group) is 1. The minimum Gasteiger partial charge on any atom is -0.467 e. The number of amides is 1. The number of benzene rings is 2. The lowest BCUT2D eigenvalue weighted by molar-refractivity contribution is -0.385. The molecule has 0 saturated heterocycles. The van der Waals surface area contributed by atoms with Crippen LogP contribution in [0.2, 0.25) is 0 Å². The van der Waals surface area contributed by atoms with E-state index < -0.39 is 4.92 Å². The summed E-state index contributed by atoms with van der Waals surface area (Å²) in [6.45, 7) is 2.20. The third-order valence-electron chi connectivity index (χ3n) is 4.94. The van der Waals surface area contributed by atoms with Crippen LogP contribution < -0.4 is 4.74 Å². The van der Waals surface area contributed by atoms with E-state index in [-0.39, 0.29) is 31.0 Å². The van der Waals surface area contributed by atoms with Crippen LogP contribution in [0, 0.1) is 10.1 Å². The summed E-state index contributed by atoms with van der Waals surface area (Å²) < 4.78 is 11.8. The topological polar surface area (TPSA) is 94.8 Å². The molecule has 2 aromatic carbocycles. The predicted molar refractivity (Wildman–Crippen MR) is 113 cm³/mol. The van der Waals surface area contributed by atoms with Crippen LogP contribution in [-0.4, -0.2) is 34.6 Å². The fourth-order valence-corrected chi connectivity index (χ4v) is 4.23. The average molecular weight is 425 g/mol. The van der Waals surface area contributed by atoms with Crippen molar-refractivity contribution in [1.29, 1.82) is 0 Å². The third kappa shape index (κ3) is 3.89. The Morgan fingerprint density at radius 1 is 1.37 bits per heavy atom. The first-order chi connectivity index (χ1) is 14.4. The van der Waals surface area contributed by atoms with Gasteiger partial charge in [0.25, 0.3) is 5.69 Å². The number of rotatable bonds is 5. The highest BCUT2D eigenvalue weighted by molar-refractivity contribution is 7.18. The maximum Gasteiger partial charge on any atom is 0.270 e. The van der Waals surface area contributed by atoms with Gasteiger partial charge in [-0.1, -0.05) is 12.1 Å². The standard InChI is InChI=1S/C21H19N3O5S/c1-13(21-22-17-5-3-4-6-18(17)30-21)23(2)19(25)8-7-14-9-16(24(26)27)10-15-11-28-12-29-20(14)15/h3-10,13H,11-12H2,1-2H3/b8-7-/t13-/m0/s1. The van der Waals surface area contributed by atoms with E-state index in [0.29, 0.717) is 16.9 Å². The van der Waals surface area contributed by atoms with Gasteiger partial charge in [-0.3, -0.25) is 14.9 Å². The largest absolute Gasteiger partial charge is 0.467 e. The smallest absolute Gasteiger partial charge is 0.270 e. The van der Waals surface area contributed by atoms with E-state index in [1.807, 2.05) is 31.2 Å². The lowest BCUT2D eigenvalue weighted by Gasteiger charge is -2.22. The molecule has 4 rings (SSSR count). The van der Waals surface area contributed by atoms with Crippen LogP contribution in [0.15, 0.2) is 42.5 Å². The molecule has 1 atom stereocenters. The molecule has 0 spiro atoms. The van der Waals surface area contributed by atoms with Crippen LogP contribution in [0.4, 0.5) is 5.69 Å². The monoisotopic (exact) mass is 425 g/mol. The number of hydrogen-bond donors (Lipinski definition) is 0. The Bertz CT molecular complexity index is 1120. The number of carbonyl (C=O) groups excluding carboxylic acids is 1. The van der Waals surface area contributed by atoms with Crippen LogP contribution in [0.1, 0.15) is 29.1 Å². The van der Waals surface area contributed by atoms with Gasteiger partial charge in [0.1, 0.15) is 10.8 Å². The molecule has 2 heterocycles. The molecule has 0 N–H and O–H groups in total. The Kier molecular flexibility index (Phi) is 5.47. The number of carbonyl (C=O) groups is 1. The van der Waals surface area contributed by atoms with E-state index in [4.69, 9.17) is 9.47 Å². The van der Waals surface area contributed by atoms with Gasteiger partial charge in [-0.2, -0.15) is 0 Å². The lowest BCUT2D eigenvalue weighted by Crippen LogP contribution is -2.27. The van der Waals surface area contributed by atoms with Crippen LogP contribution in [0.25, 0.3) is 16.3 Å². The van der Waals surface area contributed by atoms with Crippen molar-refractivity contribution in [2.45, 2.75) is 19.6 Å². The first-order valence-electron chi connectivity index (χ1n) is 9.26. The number of nitrogens with zero attached hydrogens (tertiary/aromatic N) is 3. The quantitative estimate of drug-likeness (QED) is 0.344. The Morgan fingerprint density at radius 2 is 2.17 bits per heavy atom. The van der Waals surface area contributed by atoms with Crippen molar-refractivity contribution in [3.05, 3.63) is 68.7 Å². The highest BCUT2D eigenvalue weighted by Crippen LogP contribution is 2.34. The van der Waals surface area contributed by atoms with Gasteiger partial charge in [0, 0.05) is 36.4 Å². The second kappa shape index (κ2) is 8.21. The molecule has 0 fully saturated rings. The molecule has 154 valence electrons. The van der Waals surface area contributed by atoms with Crippen molar-refractivity contribution in [1.82, 2.24) is 9.88 Å². The molecule has 8 nitrogen and oxygen atoms in total. The molecule has 1 amide bonds. The zero-order valence-corrected chi connectivity index (χ0v) is 17.2. The number of nitro benzene ring substituents is 1. The van der Waals surface area contributed by atoms with E-state index in [9.17, 15) is 14.9 Å². The highest BCUT2D eigenvalue weighted by Gasteiger charge is 2.22. The molecule has 0 aliphatic carbocycles. The van der Waals surface area contributed by atoms with Gasteiger partial charge < -0.3 is 14.4 Å². The van der Waals surface area contributed by atoms with Gasteiger partial charge in [-0.25, -0.2) is 4.98 Å². The minimum absolute atomic E-state index is 0.0636. The summed E-state index contributed by atoms with van der Waals surface area (Å²) >= 11 is 1.55. The number of aromatic nitrogens is 1. The molecule has 0 unspecified atom stereocenters. The number of para-hydroxylation sites is 1. The van der Waals surface area contributed by atoms with Gasteiger partial charge in [0.05, 0.1) is 27.8 Å². The van der Waals surface area contributed by atoms with Crippen molar-refractivity contribution >= 4 is 39.2 Å². The van der Waals surface area contributed by atoms with E-state index in [1.165, 1.54) is 18.2 Å². The normalized spacial score (nSPS) is 14.3. The maximum atomic E-state index is 12.7. The summed E-state index contributed by atoms with van der Waals surface area (Å²) in [6.07, 6.45) is 2.93. The maximum absolute atomic E-state index is 12.7. The van der Waals surface area contributed by atoms with Crippen LogP contribution in [-0.2, 0) is 16.1 Å². The van der Waals surface area contributed by atoms with Crippen molar-refractivity contribution in [3.8, 4) is 5.75 Å². The molecule has 30 heavy (non-hydrogen) atoms. The van der Waals surface area contributed by atoms with Gasteiger partial charge in [0.2, 0.25) is 5.91 Å². The summed E-state index contributed by atoms with van der Waals surface area (Å²) in [4.78, 5) is 29.7. The molecular formula is C21H19N3O5S. The summed E-state index contributed by atoms with van der Waals surface area (Å²) in [5, 5.41) is 12.1. The van der Waals surface area contributed by atoms with Crippen molar-refractivity contribution in [2.75, 3.05) is 13.8 Å². The molecule has 1 aromatic heterocycles. The second-order valence-electron chi connectivity index (χ2n) is 6.87. The van der Waals surface area contributed by atoms with Crippen molar-refractivity contribution in [3.63, 3.8) is 0 Å². The summed E-state index contributed by atoms with van der Waals surface area (Å²) in [6, 6.07) is 10.4. The molecule has 1 aliphatic heterocycles. The number of fused-ring (bicyclic) bond motifs is 2. The zero-order chi connectivity index (χ0) is 21.3. The number of hydrogen-bond acceptors (Lipinski definition) is 7. The van der Waals surface area contributed by atoms with Gasteiger partial charge in [-0.05, 0) is 25.1 Å². The van der Waals surface area contributed by atoms with Gasteiger partial charge in [-0.15, -0.1) is 11.3 Å². The minimum atomic E-state index is -0.477. The van der Waals surface area contributed by atoms with Crippen LogP contribution >= 0.6 is 11.3 Å². The van der Waals surface area contributed by atoms with E-state index in [1.54, 1.807) is 29.4 Å². The van der Waals surface area contributed by atoms with E-state index in [2.05, 4.69) is 4.98 Å². The lowest BCUT2D eigenvalue weighted by atomic mass is 10.1. The average Bonchev–Trinajstić information content (AvgIpc) is 3.20. The Morgan fingerprint density at radius 3 is 2.93 bits per heavy atom. The number of thiazole rings is 1. The van der Waals surface area contributed by atoms with E-state index in [0.717, 1.165) is 15.2 Å². The molecule has 9 heteroatoms. The fraction of sp³-hybridized carbons (Fsp3) is 0.238. The molecule has 0 bridgehead atoms. The molecule has 0 radical (unpaired) electrons. The summed E-state index contributed by atoms with van der Waals surface area (Å²) in [7, 11) is 1.71. The van der Waals surface area contributed by atoms with Crippen molar-refractivity contribution < 1.29 is 19.2 Å². The zero-order valence-electron chi connectivity index (χ0n) is 16.4. The van der Waals surface area contributed by atoms with Crippen molar-refractivity contribution in [2.24, 2.45) is 0 Å². The first kappa shape index (κ1) is 20.0. The summed E-state index contributed by atoms with van der Waals surface area (Å²) in [5.41, 5.74) is 1.88. The second-order valence-corrected chi connectivity index (χ2v) is 7.93. The predicted octanol–water partition coefficient (Wildman–Crippen LogP) is 4.30. The summed E-state index contributed by atoms with van der Waals surface area (Å²) in [5.74, 6) is 0.256. The first-order valence-corrected chi connectivity index (χ1v) is 10.1. The highest BCUT2D eigenvalue weighted by atomic mass is 32.1. The molecule has 1 aliphatic rings. The Hall–Kier alpha value is -3.30. The molecule has 0 saturated carbocycles.